The average Bonchev–Trinajstić information content (AvgIpc) is 3.08. The maximum absolute atomic E-state index is 8.95. The van der Waals surface area contributed by atoms with Crippen molar-refractivity contribution in [2.24, 2.45) is 0 Å². The molecule has 24 heavy (non-hydrogen) atoms. The third-order valence-corrected chi connectivity index (χ3v) is 4.73. The van der Waals surface area contributed by atoms with Crippen LogP contribution < -0.4 is 5.32 Å². The number of rotatable bonds is 6. The molecule has 1 N–H and O–H groups in total. The van der Waals surface area contributed by atoms with E-state index in [1.807, 2.05) is 12.1 Å². The number of hydrogen-bond acceptors (Lipinski definition) is 5. The SMILES string of the molecule is N#Cc1nc(NCc2csc(CCc3ccccc3)n2)ccc1Cl. The van der Waals surface area contributed by atoms with Gasteiger partial charge in [0.25, 0.3) is 0 Å². The molecule has 2 aromatic heterocycles. The van der Waals surface area contributed by atoms with E-state index in [9.17, 15) is 0 Å². The Morgan fingerprint density at radius 3 is 2.71 bits per heavy atom. The highest BCUT2D eigenvalue weighted by atomic mass is 35.5. The zero-order valence-electron chi connectivity index (χ0n) is 12.9. The number of anilines is 1. The van der Waals surface area contributed by atoms with Gasteiger partial charge in [-0.2, -0.15) is 5.26 Å². The number of nitrogens with one attached hydrogen (secondary N) is 1. The highest BCUT2D eigenvalue weighted by Gasteiger charge is 2.05. The summed E-state index contributed by atoms with van der Waals surface area (Å²) in [5.41, 5.74) is 2.52. The lowest BCUT2D eigenvalue weighted by Gasteiger charge is -2.04. The summed E-state index contributed by atoms with van der Waals surface area (Å²) in [6.07, 6.45) is 1.93. The monoisotopic (exact) mass is 354 g/mol. The Bertz CT molecular complexity index is 855. The number of nitriles is 1. The number of nitrogens with zero attached hydrogens (tertiary/aromatic N) is 3. The molecule has 0 unspecified atom stereocenters. The van der Waals surface area contributed by atoms with Crippen LogP contribution in [0.4, 0.5) is 5.82 Å². The molecule has 3 rings (SSSR count). The van der Waals surface area contributed by atoms with E-state index in [1.54, 1.807) is 23.5 Å². The lowest BCUT2D eigenvalue weighted by Crippen LogP contribution is -2.03. The molecule has 0 saturated heterocycles. The zero-order chi connectivity index (χ0) is 16.8. The summed E-state index contributed by atoms with van der Waals surface area (Å²) in [4.78, 5) is 8.80. The van der Waals surface area contributed by atoms with Crippen LogP contribution in [-0.2, 0) is 19.4 Å². The topological polar surface area (TPSA) is 61.6 Å². The summed E-state index contributed by atoms with van der Waals surface area (Å²) in [5.74, 6) is 0.620. The fourth-order valence-corrected chi connectivity index (χ4v) is 3.19. The normalized spacial score (nSPS) is 10.3. The lowest BCUT2D eigenvalue weighted by atomic mass is 10.1. The van der Waals surface area contributed by atoms with E-state index in [1.165, 1.54) is 5.56 Å². The van der Waals surface area contributed by atoms with Crippen LogP contribution in [0.15, 0.2) is 47.8 Å². The number of halogens is 1. The predicted octanol–water partition coefficient (Wildman–Crippen LogP) is 4.46. The molecule has 1 aromatic carbocycles. The van der Waals surface area contributed by atoms with Crippen LogP contribution in [-0.4, -0.2) is 9.97 Å². The van der Waals surface area contributed by atoms with Crippen molar-refractivity contribution in [3.05, 3.63) is 74.8 Å². The van der Waals surface area contributed by atoms with Gasteiger partial charge in [0.1, 0.15) is 11.9 Å². The summed E-state index contributed by atoms with van der Waals surface area (Å²) in [5, 5.41) is 15.7. The van der Waals surface area contributed by atoms with E-state index >= 15 is 0 Å². The molecule has 3 aromatic rings. The van der Waals surface area contributed by atoms with E-state index in [0.717, 1.165) is 23.5 Å². The first-order valence-corrected chi connectivity index (χ1v) is 8.78. The maximum atomic E-state index is 8.95. The van der Waals surface area contributed by atoms with Gasteiger partial charge in [-0.1, -0.05) is 41.9 Å². The highest BCUT2D eigenvalue weighted by Crippen LogP contribution is 2.17. The first-order chi connectivity index (χ1) is 11.7. The van der Waals surface area contributed by atoms with E-state index < -0.39 is 0 Å². The van der Waals surface area contributed by atoms with Gasteiger partial charge >= 0.3 is 0 Å². The van der Waals surface area contributed by atoms with E-state index in [0.29, 0.717) is 17.4 Å². The van der Waals surface area contributed by atoms with Crippen LogP contribution in [0.25, 0.3) is 0 Å². The van der Waals surface area contributed by atoms with Crippen LogP contribution in [0.2, 0.25) is 5.02 Å². The number of hydrogen-bond donors (Lipinski definition) is 1. The molecule has 4 nitrogen and oxygen atoms in total. The first-order valence-electron chi connectivity index (χ1n) is 7.52. The van der Waals surface area contributed by atoms with Crippen molar-refractivity contribution in [1.29, 1.82) is 5.26 Å². The molecule has 120 valence electrons. The van der Waals surface area contributed by atoms with Gasteiger partial charge in [0.15, 0.2) is 5.69 Å². The Balaban J connectivity index is 1.55. The first kappa shape index (κ1) is 16.4. The van der Waals surface area contributed by atoms with Crippen molar-refractivity contribution in [1.82, 2.24) is 9.97 Å². The number of aryl methyl sites for hydroxylation is 2. The molecule has 0 aliphatic rings. The van der Waals surface area contributed by atoms with Crippen LogP contribution in [0.5, 0.6) is 0 Å². The average molecular weight is 355 g/mol. The molecule has 0 amide bonds. The molecule has 0 fully saturated rings. The van der Waals surface area contributed by atoms with Gasteiger partial charge in [0.2, 0.25) is 0 Å². The zero-order valence-corrected chi connectivity index (χ0v) is 14.4. The van der Waals surface area contributed by atoms with Crippen LogP contribution in [0, 0.1) is 11.3 Å². The smallest absolute Gasteiger partial charge is 0.161 e. The number of pyridine rings is 1. The molecular weight excluding hydrogens is 340 g/mol. The molecule has 0 saturated carbocycles. The van der Waals surface area contributed by atoms with E-state index in [4.69, 9.17) is 16.9 Å². The molecule has 2 heterocycles. The second kappa shape index (κ2) is 7.91. The predicted molar refractivity (Wildman–Crippen MR) is 97.3 cm³/mol. The second-order valence-corrected chi connectivity index (χ2v) is 6.56. The Morgan fingerprint density at radius 2 is 1.92 bits per heavy atom. The minimum absolute atomic E-state index is 0.225. The van der Waals surface area contributed by atoms with E-state index in [2.05, 4.69) is 44.9 Å². The second-order valence-electron chi connectivity index (χ2n) is 5.21. The summed E-state index contributed by atoms with van der Waals surface area (Å²) in [6, 6.07) is 15.8. The Labute approximate surface area is 149 Å². The summed E-state index contributed by atoms with van der Waals surface area (Å²) >= 11 is 7.55. The van der Waals surface area contributed by atoms with Crippen molar-refractivity contribution >= 4 is 28.8 Å². The van der Waals surface area contributed by atoms with Crippen LogP contribution >= 0.6 is 22.9 Å². The Morgan fingerprint density at radius 1 is 1.08 bits per heavy atom. The Kier molecular flexibility index (Phi) is 5.42. The molecule has 0 aliphatic heterocycles. The molecule has 0 bridgehead atoms. The quantitative estimate of drug-likeness (QED) is 0.709. The lowest BCUT2D eigenvalue weighted by molar-refractivity contribution is 0.923. The maximum Gasteiger partial charge on any atom is 0.161 e. The van der Waals surface area contributed by atoms with Crippen LogP contribution in [0.3, 0.4) is 0 Å². The van der Waals surface area contributed by atoms with Crippen LogP contribution in [0.1, 0.15) is 22.0 Å². The van der Waals surface area contributed by atoms with Crippen molar-refractivity contribution in [2.45, 2.75) is 19.4 Å². The number of aromatic nitrogens is 2. The fraction of sp³-hybridized carbons (Fsp3) is 0.167. The fourth-order valence-electron chi connectivity index (χ4n) is 2.24. The molecule has 0 atom stereocenters. The third kappa shape index (κ3) is 4.31. The van der Waals surface area contributed by atoms with Gasteiger partial charge in [-0.15, -0.1) is 11.3 Å². The minimum atomic E-state index is 0.225. The third-order valence-electron chi connectivity index (χ3n) is 3.47. The van der Waals surface area contributed by atoms with Gasteiger partial charge in [-0.3, -0.25) is 0 Å². The largest absolute Gasteiger partial charge is 0.364 e. The Hall–Kier alpha value is -2.42. The standard InChI is InChI=1S/C18H15ClN4S/c19-15-7-8-17(23-16(15)10-20)21-11-14-12-24-18(22-14)9-6-13-4-2-1-3-5-13/h1-5,7-8,12H,6,9,11H2,(H,21,23). The summed E-state index contributed by atoms with van der Waals surface area (Å²) < 4.78 is 0. The van der Waals surface area contributed by atoms with Crippen molar-refractivity contribution in [2.75, 3.05) is 5.32 Å². The molecule has 0 aliphatic carbocycles. The molecule has 6 heteroatoms. The van der Waals surface area contributed by atoms with Gasteiger partial charge in [0, 0.05) is 11.8 Å². The van der Waals surface area contributed by atoms with E-state index in [-0.39, 0.29) is 5.69 Å². The number of benzene rings is 1. The molecule has 0 spiro atoms. The minimum Gasteiger partial charge on any atom is -0.364 e. The van der Waals surface area contributed by atoms with Gasteiger partial charge in [-0.25, -0.2) is 9.97 Å². The molecule has 0 radical (unpaired) electrons. The van der Waals surface area contributed by atoms with Gasteiger partial charge < -0.3 is 5.32 Å². The van der Waals surface area contributed by atoms with Gasteiger partial charge in [-0.05, 0) is 24.1 Å². The van der Waals surface area contributed by atoms with Crippen molar-refractivity contribution in [3.63, 3.8) is 0 Å². The summed E-state index contributed by atoms with van der Waals surface area (Å²) in [6.45, 7) is 0.571. The number of thiazole rings is 1. The van der Waals surface area contributed by atoms with Crippen molar-refractivity contribution in [3.8, 4) is 6.07 Å². The van der Waals surface area contributed by atoms with Crippen molar-refractivity contribution < 1.29 is 0 Å². The molecular formula is C18H15ClN4S. The summed E-state index contributed by atoms with van der Waals surface area (Å²) in [7, 11) is 0. The highest BCUT2D eigenvalue weighted by molar-refractivity contribution is 7.09. The van der Waals surface area contributed by atoms with Gasteiger partial charge in [0.05, 0.1) is 22.3 Å².